The van der Waals surface area contributed by atoms with Crippen molar-refractivity contribution < 1.29 is 14.2 Å². The summed E-state index contributed by atoms with van der Waals surface area (Å²) in [6, 6.07) is 12.0. The number of nitrogens with zero attached hydrogens (tertiary/aromatic N) is 3. The van der Waals surface area contributed by atoms with Crippen molar-refractivity contribution in [1.82, 2.24) is 15.6 Å². The number of hydrogen-bond acceptors (Lipinski definition) is 6. The second kappa shape index (κ2) is 12.4. The van der Waals surface area contributed by atoms with E-state index < -0.39 is 0 Å². The van der Waals surface area contributed by atoms with Crippen LogP contribution in [0.4, 0.5) is 5.69 Å². The van der Waals surface area contributed by atoms with Gasteiger partial charge in [0.25, 0.3) is 0 Å². The number of pyridine rings is 1. The van der Waals surface area contributed by atoms with Gasteiger partial charge in [-0.05, 0) is 19.4 Å². The molecule has 0 aliphatic carbocycles. The number of aromatic nitrogens is 1. The Balaban J connectivity index is 0.00000341. The molecule has 0 spiro atoms. The zero-order valence-corrected chi connectivity index (χ0v) is 20.9. The van der Waals surface area contributed by atoms with Crippen LogP contribution >= 0.6 is 24.0 Å². The van der Waals surface area contributed by atoms with Crippen molar-refractivity contribution >= 4 is 35.6 Å². The van der Waals surface area contributed by atoms with Crippen LogP contribution in [0.1, 0.15) is 19.0 Å². The number of hydrogen-bond donors (Lipinski definition) is 2. The zero-order chi connectivity index (χ0) is 21.3. The lowest BCUT2D eigenvalue weighted by atomic mass is 10.2. The lowest BCUT2D eigenvalue weighted by Crippen LogP contribution is -2.44. The van der Waals surface area contributed by atoms with Gasteiger partial charge >= 0.3 is 0 Å². The number of halogens is 1. The number of nitrogens with one attached hydrogen (secondary N) is 2. The van der Waals surface area contributed by atoms with Gasteiger partial charge in [0.05, 0.1) is 33.6 Å². The molecule has 0 bridgehead atoms. The molecule has 1 aliphatic rings. The number of methoxy groups -OCH3 is 3. The molecule has 1 saturated heterocycles. The summed E-state index contributed by atoms with van der Waals surface area (Å²) in [5.41, 5.74) is 1.96. The maximum atomic E-state index is 5.40. The van der Waals surface area contributed by atoms with E-state index in [1.807, 2.05) is 36.4 Å². The van der Waals surface area contributed by atoms with Crippen LogP contribution in [-0.4, -0.2) is 57.9 Å². The van der Waals surface area contributed by atoms with E-state index >= 15 is 0 Å². The molecule has 1 aromatic heterocycles. The minimum Gasteiger partial charge on any atom is -0.497 e. The normalized spacial score (nSPS) is 15.8. The molecular formula is C22H32IN5O3. The Hall–Kier alpha value is -2.43. The average Bonchev–Trinajstić information content (AvgIpc) is 3.26. The zero-order valence-electron chi connectivity index (χ0n) is 18.6. The minimum atomic E-state index is 0. The predicted molar refractivity (Wildman–Crippen MR) is 134 cm³/mol. The minimum absolute atomic E-state index is 0. The first kappa shape index (κ1) is 24.8. The van der Waals surface area contributed by atoms with E-state index in [2.05, 4.69) is 27.4 Å². The van der Waals surface area contributed by atoms with Gasteiger partial charge in [0.1, 0.15) is 11.5 Å². The molecule has 0 radical (unpaired) electrons. The molecule has 9 heteroatoms. The van der Waals surface area contributed by atoms with Crippen molar-refractivity contribution in [2.24, 2.45) is 4.99 Å². The fraction of sp³-hybridized carbons (Fsp3) is 0.455. The molecule has 1 aromatic carbocycles. The second-order valence-corrected chi connectivity index (χ2v) is 7.01. The highest BCUT2D eigenvalue weighted by molar-refractivity contribution is 14.0. The lowest BCUT2D eigenvalue weighted by molar-refractivity contribution is 0.394. The van der Waals surface area contributed by atoms with E-state index in [1.165, 1.54) is 0 Å². The number of benzene rings is 1. The third-order valence-electron chi connectivity index (χ3n) is 4.96. The van der Waals surface area contributed by atoms with Crippen LogP contribution in [0.15, 0.2) is 41.4 Å². The number of aliphatic imine (C=N–C) groups is 1. The predicted octanol–water partition coefficient (Wildman–Crippen LogP) is 3.06. The van der Waals surface area contributed by atoms with Crippen LogP contribution in [0.5, 0.6) is 17.4 Å². The monoisotopic (exact) mass is 541 g/mol. The van der Waals surface area contributed by atoms with Gasteiger partial charge in [0.2, 0.25) is 5.88 Å². The van der Waals surface area contributed by atoms with Gasteiger partial charge in [-0.3, -0.25) is 0 Å². The molecule has 1 atom stereocenters. The van der Waals surface area contributed by atoms with E-state index in [0.717, 1.165) is 54.9 Å². The Morgan fingerprint density at radius 2 is 1.87 bits per heavy atom. The Kier molecular flexibility index (Phi) is 9.96. The molecular weight excluding hydrogens is 509 g/mol. The topological polar surface area (TPSA) is 80.2 Å². The first-order chi connectivity index (χ1) is 14.6. The number of ether oxygens (including phenoxy) is 3. The van der Waals surface area contributed by atoms with Crippen LogP contribution < -0.4 is 29.7 Å². The molecule has 1 aliphatic heterocycles. The second-order valence-electron chi connectivity index (χ2n) is 7.01. The molecule has 2 aromatic rings. The van der Waals surface area contributed by atoms with Crippen molar-refractivity contribution in [3.8, 4) is 17.4 Å². The maximum Gasteiger partial charge on any atom is 0.213 e. The van der Waals surface area contributed by atoms with E-state index in [1.54, 1.807) is 21.3 Å². The first-order valence-electron chi connectivity index (χ1n) is 10.2. The van der Waals surface area contributed by atoms with E-state index in [-0.39, 0.29) is 24.0 Å². The third kappa shape index (κ3) is 7.05. The molecule has 1 unspecified atom stereocenters. The number of guanidine groups is 1. The van der Waals surface area contributed by atoms with Gasteiger partial charge in [0.15, 0.2) is 5.96 Å². The number of anilines is 1. The molecule has 1 fully saturated rings. The average molecular weight is 541 g/mol. The molecule has 2 heterocycles. The smallest absolute Gasteiger partial charge is 0.213 e. The quantitative estimate of drug-likeness (QED) is 0.302. The fourth-order valence-corrected chi connectivity index (χ4v) is 3.42. The molecule has 2 N–H and O–H groups in total. The van der Waals surface area contributed by atoms with Gasteiger partial charge < -0.3 is 29.7 Å². The van der Waals surface area contributed by atoms with Gasteiger partial charge in [-0.2, -0.15) is 0 Å². The standard InChI is InChI=1S/C22H31N5O3.HI/c1-5-23-22(24-14-16-7-6-8-21(25-16)30-4)26-17-9-10-27(15-17)18-11-19(28-2)13-20(12-18)29-3;/h6-8,11-13,17H,5,9-10,14-15H2,1-4H3,(H2,23,24,26);1H. The summed E-state index contributed by atoms with van der Waals surface area (Å²) in [6.45, 7) is 5.16. The maximum absolute atomic E-state index is 5.40. The Morgan fingerprint density at radius 1 is 1.13 bits per heavy atom. The Morgan fingerprint density at radius 3 is 2.52 bits per heavy atom. The Labute approximate surface area is 201 Å². The van der Waals surface area contributed by atoms with Crippen molar-refractivity contribution in [3.63, 3.8) is 0 Å². The van der Waals surface area contributed by atoms with Crippen molar-refractivity contribution in [3.05, 3.63) is 42.1 Å². The van der Waals surface area contributed by atoms with E-state index in [4.69, 9.17) is 19.2 Å². The molecule has 170 valence electrons. The summed E-state index contributed by atoms with van der Waals surface area (Å²) in [5, 5.41) is 6.87. The van der Waals surface area contributed by atoms with Gasteiger partial charge in [-0.15, -0.1) is 24.0 Å². The highest BCUT2D eigenvalue weighted by Gasteiger charge is 2.24. The van der Waals surface area contributed by atoms with Gasteiger partial charge in [-0.25, -0.2) is 9.98 Å². The van der Waals surface area contributed by atoms with Crippen molar-refractivity contribution in [1.29, 1.82) is 0 Å². The van der Waals surface area contributed by atoms with Crippen LogP contribution in [0.25, 0.3) is 0 Å². The highest BCUT2D eigenvalue weighted by atomic mass is 127. The van der Waals surface area contributed by atoms with Crippen molar-refractivity contribution in [2.45, 2.75) is 25.9 Å². The van der Waals surface area contributed by atoms with E-state index in [9.17, 15) is 0 Å². The highest BCUT2D eigenvalue weighted by Crippen LogP contribution is 2.30. The molecule has 31 heavy (non-hydrogen) atoms. The first-order valence-corrected chi connectivity index (χ1v) is 10.2. The summed E-state index contributed by atoms with van der Waals surface area (Å²) >= 11 is 0. The van der Waals surface area contributed by atoms with Crippen LogP contribution in [0, 0.1) is 0 Å². The molecule has 0 saturated carbocycles. The van der Waals surface area contributed by atoms with Crippen LogP contribution in [-0.2, 0) is 6.54 Å². The molecule has 3 rings (SSSR count). The fourth-order valence-electron chi connectivity index (χ4n) is 3.42. The van der Waals surface area contributed by atoms with Gasteiger partial charge in [0, 0.05) is 55.6 Å². The lowest BCUT2D eigenvalue weighted by Gasteiger charge is -2.21. The summed E-state index contributed by atoms with van der Waals surface area (Å²) in [6.07, 6.45) is 1.02. The SMILES string of the molecule is CCNC(=NCc1cccc(OC)n1)NC1CCN(c2cc(OC)cc(OC)c2)C1.I. The summed E-state index contributed by atoms with van der Waals surface area (Å²) < 4.78 is 16.0. The number of rotatable bonds is 8. The molecule has 8 nitrogen and oxygen atoms in total. The van der Waals surface area contributed by atoms with Crippen molar-refractivity contribution in [2.75, 3.05) is 45.9 Å². The summed E-state index contributed by atoms with van der Waals surface area (Å²) in [4.78, 5) is 11.4. The summed E-state index contributed by atoms with van der Waals surface area (Å²) in [7, 11) is 4.96. The van der Waals surface area contributed by atoms with E-state index in [0.29, 0.717) is 18.5 Å². The third-order valence-corrected chi connectivity index (χ3v) is 4.96. The molecule has 0 amide bonds. The summed E-state index contributed by atoms with van der Waals surface area (Å²) in [5.74, 6) is 2.97. The van der Waals surface area contributed by atoms with Gasteiger partial charge in [-0.1, -0.05) is 6.07 Å². The largest absolute Gasteiger partial charge is 0.497 e. The Bertz CT molecular complexity index is 843. The van der Waals surface area contributed by atoms with Crippen LogP contribution in [0.3, 0.4) is 0 Å². The van der Waals surface area contributed by atoms with Crippen LogP contribution in [0.2, 0.25) is 0 Å².